The Kier molecular flexibility index (Phi) is 3.26. The van der Waals surface area contributed by atoms with Crippen LogP contribution in [0.1, 0.15) is 12.5 Å². The molecule has 0 fully saturated rings. The van der Waals surface area contributed by atoms with Crippen molar-refractivity contribution in [2.45, 2.75) is 19.5 Å². The monoisotopic (exact) mass is 231 g/mol. The molecule has 88 valence electrons. The van der Waals surface area contributed by atoms with E-state index >= 15 is 0 Å². The topological polar surface area (TPSA) is 43.1 Å². The lowest BCUT2D eigenvalue weighted by molar-refractivity contribution is -0.214. The Balaban J connectivity index is 3.03. The zero-order chi connectivity index (χ0) is 12.4. The third kappa shape index (κ3) is 2.35. The highest BCUT2D eigenvalue weighted by Crippen LogP contribution is 2.40. The van der Waals surface area contributed by atoms with Gasteiger partial charge in [0.2, 0.25) is 5.91 Å². The van der Waals surface area contributed by atoms with Gasteiger partial charge in [0, 0.05) is 0 Å². The highest BCUT2D eigenvalue weighted by Gasteiger charge is 2.55. The number of halogens is 3. The summed E-state index contributed by atoms with van der Waals surface area (Å²) in [5, 5.41) is 0. The molecule has 1 aromatic rings. The lowest BCUT2D eigenvalue weighted by Crippen LogP contribution is -2.48. The van der Waals surface area contributed by atoms with Gasteiger partial charge in [0.15, 0.2) is 0 Å². The number of carbonyl (C=O) groups excluding carboxylic acids is 1. The second kappa shape index (κ2) is 4.15. The lowest BCUT2D eigenvalue weighted by Gasteiger charge is -2.28. The predicted molar refractivity (Wildman–Crippen MR) is 53.5 cm³/mol. The maximum atomic E-state index is 12.7. The molecule has 1 rings (SSSR count). The summed E-state index contributed by atoms with van der Waals surface area (Å²) in [5.74, 6) is -1.36. The van der Waals surface area contributed by atoms with Crippen LogP contribution in [0.2, 0.25) is 0 Å². The van der Waals surface area contributed by atoms with Crippen molar-refractivity contribution >= 4 is 5.91 Å². The van der Waals surface area contributed by atoms with Crippen LogP contribution in [0.3, 0.4) is 0 Å². The van der Waals surface area contributed by atoms with Crippen LogP contribution in [0.15, 0.2) is 30.3 Å². The minimum atomic E-state index is -4.64. The average molecular weight is 231 g/mol. The van der Waals surface area contributed by atoms with E-state index in [0.29, 0.717) is 5.56 Å². The van der Waals surface area contributed by atoms with Crippen molar-refractivity contribution in [1.82, 2.24) is 0 Å². The van der Waals surface area contributed by atoms with Crippen molar-refractivity contribution in [3.8, 4) is 0 Å². The van der Waals surface area contributed by atoms with Crippen molar-refractivity contribution < 1.29 is 18.0 Å². The second-order valence-corrected chi connectivity index (χ2v) is 3.86. The number of rotatable bonds is 3. The smallest absolute Gasteiger partial charge is 0.369 e. The van der Waals surface area contributed by atoms with Crippen LogP contribution in [-0.2, 0) is 11.2 Å². The second-order valence-electron chi connectivity index (χ2n) is 3.86. The van der Waals surface area contributed by atoms with E-state index in [1.54, 1.807) is 18.2 Å². The third-order valence-corrected chi connectivity index (χ3v) is 2.57. The molecule has 1 aromatic carbocycles. The van der Waals surface area contributed by atoms with E-state index < -0.39 is 23.9 Å². The minimum absolute atomic E-state index is 0.432. The number of primary amides is 1. The first kappa shape index (κ1) is 12.5. The molecule has 0 radical (unpaired) electrons. The van der Waals surface area contributed by atoms with Gasteiger partial charge in [-0.05, 0) is 18.9 Å². The number of carbonyl (C=O) groups is 1. The van der Waals surface area contributed by atoms with Crippen molar-refractivity contribution in [3.63, 3.8) is 0 Å². The number of alkyl halides is 3. The van der Waals surface area contributed by atoms with E-state index in [2.05, 4.69) is 0 Å². The summed E-state index contributed by atoms with van der Waals surface area (Å²) in [7, 11) is 0. The number of hydrogen-bond acceptors (Lipinski definition) is 1. The first-order valence-corrected chi connectivity index (χ1v) is 4.68. The first-order valence-electron chi connectivity index (χ1n) is 4.68. The largest absolute Gasteiger partial charge is 0.403 e. The molecule has 1 unspecified atom stereocenters. The first-order chi connectivity index (χ1) is 7.27. The standard InChI is InChI=1S/C11H12F3NO/c1-10(9(15)16,11(12,13)14)7-8-5-3-2-4-6-8/h2-6H,7H2,1H3,(H2,15,16). The fraction of sp³-hybridized carbons (Fsp3) is 0.364. The molecular weight excluding hydrogens is 219 g/mol. The summed E-state index contributed by atoms with van der Waals surface area (Å²) in [5.41, 5.74) is 2.76. The van der Waals surface area contributed by atoms with Crippen LogP contribution in [-0.4, -0.2) is 12.1 Å². The Hall–Kier alpha value is -1.52. The predicted octanol–water partition coefficient (Wildman–Crippen LogP) is 2.28. The molecule has 0 aliphatic carbocycles. The molecule has 0 aliphatic heterocycles. The van der Waals surface area contributed by atoms with E-state index in [9.17, 15) is 18.0 Å². The Morgan fingerprint density at radius 2 is 1.75 bits per heavy atom. The van der Waals surface area contributed by atoms with Crippen LogP contribution in [0, 0.1) is 5.41 Å². The number of benzene rings is 1. The molecule has 1 atom stereocenters. The summed E-state index contributed by atoms with van der Waals surface area (Å²) >= 11 is 0. The van der Waals surface area contributed by atoms with Gasteiger partial charge < -0.3 is 5.73 Å². The molecule has 1 amide bonds. The molecule has 0 bridgehead atoms. The maximum absolute atomic E-state index is 12.7. The van der Waals surface area contributed by atoms with Gasteiger partial charge in [-0.3, -0.25) is 4.79 Å². The van der Waals surface area contributed by atoms with E-state index in [1.807, 2.05) is 0 Å². The van der Waals surface area contributed by atoms with Gasteiger partial charge in [-0.25, -0.2) is 0 Å². The summed E-state index contributed by atoms with van der Waals surface area (Å²) in [6.07, 6.45) is -5.08. The number of hydrogen-bond donors (Lipinski definition) is 1. The number of amides is 1. The molecule has 16 heavy (non-hydrogen) atoms. The molecule has 2 N–H and O–H groups in total. The van der Waals surface area contributed by atoms with Gasteiger partial charge in [0.25, 0.3) is 0 Å². The Morgan fingerprint density at radius 1 is 1.25 bits per heavy atom. The lowest BCUT2D eigenvalue weighted by atomic mass is 9.82. The minimum Gasteiger partial charge on any atom is -0.369 e. The van der Waals surface area contributed by atoms with Crippen LogP contribution in [0.5, 0.6) is 0 Å². The third-order valence-electron chi connectivity index (χ3n) is 2.57. The summed E-state index contributed by atoms with van der Waals surface area (Å²) in [6.45, 7) is 0.822. The highest BCUT2D eigenvalue weighted by atomic mass is 19.4. The molecule has 0 spiro atoms. The Labute approximate surface area is 91.3 Å². The van der Waals surface area contributed by atoms with E-state index in [1.165, 1.54) is 12.1 Å². The Bertz CT molecular complexity index is 375. The molecular formula is C11H12F3NO. The fourth-order valence-electron chi connectivity index (χ4n) is 1.33. The van der Waals surface area contributed by atoms with Crippen LogP contribution >= 0.6 is 0 Å². The quantitative estimate of drug-likeness (QED) is 0.852. The zero-order valence-electron chi connectivity index (χ0n) is 8.71. The van der Waals surface area contributed by atoms with Gasteiger partial charge in [0.05, 0.1) is 0 Å². The summed E-state index contributed by atoms with van der Waals surface area (Å²) in [4.78, 5) is 11.0. The maximum Gasteiger partial charge on any atom is 0.403 e. The Morgan fingerprint density at radius 3 is 2.12 bits per heavy atom. The number of nitrogens with two attached hydrogens (primary N) is 1. The van der Waals surface area contributed by atoms with Crippen LogP contribution < -0.4 is 5.73 Å². The molecule has 0 heterocycles. The van der Waals surface area contributed by atoms with E-state index in [4.69, 9.17) is 5.73 Å². The normalized spacial score (nSPS) is 15.5. The molecule has 2 nitrogen and oxygen atoms in total. The van der Waals surface area contributed by atoms with Crippen LogP contribution in [0.25, 0.3) is 0 Å². The van der Waals surface area contributed by atoms with E-state index in [-0.39, 0.29) is 0 Å². The molecule has 0 saturated heterocycles. The van der Waals surface area contributed by atoms with Crippen molar-refractivity contribution in [2.75, 3.05) is 0 Å². The van der Waals surface area contributed by atoms with Gasteiger partial charge in [0.1, 0.15) is 5.41 Å². The van der Waals surface area contributed by atoms with E-state index in [0.717, 1.165) is 6.92 Å². The highest BCUT2D eigenvalue weighted by molar-refractivity contribution is 5.81. The fourth-order valence-corrected chi connectivity index (χ4v) is 1.33. The van der Waals surface area contributed by atoms with Gasteiger partial charge >= 0.3 is 6.18 Å². The van der Waals surface area contributed by atoms with Crippen molar-refractivity contribution in [2.24, 2.45) is 11.1 Å². The van der Waals surface area contributed by atoms with Crippen molar-refractivity contribution in [3.05, 3.63) is 35.9 Å². The van der Waals surface area contributed by atoms with Gasteiger partial charge in [-0.15, -0.1) is 0 Å². The van der Waals surface area contributed by atoms with Gasteiger partial charge in [-0.1, -0.05) is 30.3 Å². The average Bonchev–Trinajstić information content (AvgIpc) is 2.17. The van der Waals surface area contributed by atoms with Crippen molar-refractivity contribution in [1.29, 1.82) is 0 Å². The molecule has 0 aliphatic rings. The zero-order valence-corrected chi connectivity index (χ0v) is 8.71. The van der Waals surface area contributed by atoms with Crippen LogP contribution in [0.4, 0.5) is 13.2 Å². The molecule has 0 saturated carbocycles. The molecule has 0 aromatic heterocycles. The summed E-state index contributed by atoms with van der Waals surface area (Å²) < 4.78 is 38.2. The SMILES string of the molecule is CC(Cc1ccccc1)(C(N)=O)C(F)(F)F. The summed E-state index contributed by atoms with van der Waals surface area (Å²) in [6, 6.07) is 8.00. The van der Waals surface area contributed by atoms with Gasteiger partial charge in [-0.2, -0.15) is 13.2 Å². The molecule has 5 heteroatoms.